The van der Waals surface area contributed by atoms with Gasteiger partial charge in [-0.2, -0.15) is 0 Å². The topological polar surface area (TPSA) is 41.6 Å². The van der Waals surface area contributed by atoms with Crippen molar-refractivity contribution in [3.63, 3.8) is 0 Å². The van der Waals surface area contributed by atoms with Crippen molar-refractivity contribution in [3.05, 3.63) is 39.4 Å². The summed E-state index contributed by atoms with van der Waals surface area (Å²) < 4.78 is 0.688. The lowest BCUT2D eigenvalue weighted by molar-refractivity contribution is 0.825. The molecule has 1 N–H and O–H groups in total. The van der Waals surface area contributed by atoms with Crippen LogP contribution in [-0.4, -0.2) is 15.0 Å². The third-order valence-corrected chi connectivity index (χ3v) is 3.40. The van der Waals surface area contributed by atoms with Gasteiger partial charge in [0.05, 0.1) is 0 Å². The van der Waals surface area contributed by atoms with Crippen LogP contribution in [0.1, 0.15) is 42.4 Å². The predicted molar refractivity (Wildman–Crippen MR) is 81.0 cm³/mol. The molecule has 4 heteroatoms. The van der Waals surface area contributed by atoms with Crippen LogP contribution in [0.2, 0.25) is 0 Å². The summed E-state index contributed by atoms with van der Waals surface area (Å²) in [6, 6.07) is 4.05. The largest absolute Gasteiger partial charge is 0.343 e. The van der Waals surface area contributed by atoms with Gasteiger partial charge in [-0.25, -0.2) is 4.98 Å². The van der Waals surface area contributed by atoms with Gasteiger partial charge in [-0.3, -0.25) is 4.98 Å². The van der Waals surface area contributed by atoms with E-state index in [9.17, 15) is 0 Å². The third-order valence-electron chi connectivity index (χ3n) is 3.09. The number of nitrogens with one attached hydrogen (secondary N) is 1. The molecule has 0 aliphatic rings. The van der Waals surface area contributed by atoms with E-state index in [1.165, 1.54) is 0 Å². The summed E-state index contributed by atoms with van der Waals surface area (Å²) in [5.41, 5.74) is 5.23. The zero-order chi connectivity index (χ0) is 14.2. The number of aromatic amines is 1. The first kappa shape index (κ1) is 13.9. The van der Waals surface area contributed by atoms with Crippen LogP contribution in [0, 0.1) is 25.4 Å². The van der Waals surface area contributed by atoms with Gasteiger partial charge in [0.25, 0.3) is 0 Å². The van der Waals surface area contributed by atoms with Gasteiger partial charge in [0.2, 0.25) is 0 Å². The fraction of sp³-hybridized carbons (Fsp3) is 0.400. The monoisotopic (exact) mass is 273 g/mol. The first-order chi connectivity index (χ1) is 8.88. The lowest BCUT2D eigenvalue weighted by atomic mass is 10.0. The zero-order valence-corrected chi connectivity index (χ0v) is 12.9. The Balaban J connectivity index is 2.62. The summed E-state index contributed by atoms with van der Waals surface area (Å²) in [5.74, 6) is 1.20. The molecule has 0 fully saturated rings. The maximum atomic E-state index is 5.42. The fourth-order valence-electron chi connectivity index (χ4n) is 2.38. The lowest BCUT2D eigenvalue weighted by Crippen LogP contribution is -2.02. The predicted octanol–water partition coefficient (Wildman–Crippen LogP) is 4.25. The highest BCUT2D eigenvalue weighted by atomic mass is 32.1. The van der Waals surface area contributed by atoms with Gasteiger partial charge in [-0.15, -0.1) is 0 Å². The summed E-state index contributed by atoms with van der Waals surface area (Å²) in [7, 11) is 0. The van der Waals surface area contributed by atoms with Gasteiger partial charge < -0.3 is 4.98 Å². The molecule has 0 atom stereocenters. The Morgan fingerprint density at radius 1 is 1.05 bits per heavy atom. The Kier molecular flexibility index (Phi) is 3.80. The molecule has 2 rings (SSSR count). The molecule has 0 amide bonds. The Morgan fingerprint density at radius 2 is 1.63 bits per heavy atom. The van der Waals surface area contributed by atoms with E-state index in [2.05, 4.69) is 35.7 Å². The normalized spacial score (nSPS) is 11.1. The smallest absolute Gasteiger partial charge is 0.139 e. The number of aromatic nitrogens is 3. The Hall–Kier alpha value is -1.55. The maximum absolute atomic E-state index is 5.42. The van der Waals surface area contributed by atoms with Crippen LogP contribution in [-0.2, 0) is 0 Å². The minimum Gasteiger partial charge on any atom is -0.343 e. The molecule has 0 bridgehead atoms. The van der Waals surface area contributed by atoms with Gasteiger partial charge in [0, 0.05) is 28.2 Å². The van der Waals surface area contributed by atoms with E-state index in [-0.39, 0.29) is 0 Å². The van der Waals surface area contributed by atoms with E-state index in [1.54, 1.807) is 0 Å². The molecule has 3 nitrogen and oxygen atoms in total. The number of hydrogen-bond acceptors (Lipinski definition) is 3. The summed E-state index contributed by atoms with van der Waals surface area (Å²) in [4.78, 5) is 12.3. The number of nitrogens with zero attached hydrogens (tertiary/aromatic N) is 2. The highest BCUT2D eigenvalue weighted by molar-refractivity contribution is 7.71. The van der Waals surface area contributed by atoms with Gasteiger partial charge in [0.15, 0.2) is 0 Å². The molecule has 2 heterocycles. The number of hydrogen-bond donors (Lipinski definition) is 1. The van der Waals surface area contributed by atoms with Gasteiger partial charge >= 0.3 is 0 Å². The van der Waals surface area contributed by atoms with Crippen molar-refractivity contribution in [1.82, 2.24) is 15.0 Å². The second kappa shape index (κ2) is 5.21. The van der Waals surface area contributed by atoms with Gasteiger partial charge in [-0.05, 0) is 38.8 Å². The number of rotatable bonds is 2. The molecule has 19 heavy (non-hydrogen) atoms. The van der Waals surface area contributed by atoms with E-state index in [1.807, 2.05) is 26.0 Å². The quantitative estimate of drug-likeness (QED) is 0.832. The molecule has 0 spiro atoms. The van der Waals surface area contributed by atoms with Crippen LogP contribution in [0.4, 0.5) is 0 Å². The number of aryl methyl sites for hydroxylation is 3. The van der Waals surface area contributed by atoms with Gasteiger partial charge in [-0.1, -0.05) is 26.1 Å². The van der Waals surface area contributed by atoms with E-state index in [4.69, 9.17) is 12.2 Å². The number of pyridine rings is 1. The van der Waals surface area contributed by atoms with Crippen molar-refractivity contribution in [3.8, 4) is 11.4 Å². The average molecular weight is 273 g/mol. The summed E-state index contributed by atoms with van der Waals surface area (Å²) in [6.45, 7) is 10.3. The third kappa shape index (κ3) is 2.89. The molecule has 0 radical (unpaired) electrons. The van der Waals surface area contributed by atoms with Crippen LogP contribution in [0.5, 0.6) is 0 Å². The Morgan fingerprint density at radius 3 is 2.11 bits per heavy atom. The SMILES string of the molecule is Cc1cc(-c2nc(=S)c(C(C)C)c(C)[nH]2)cc(C)n1. The summed E-state index contributed by atoms with van der Waals surface area (Å²) in [6.07, 6.45) is 0. The fourth-order valence-corrected chi connectivity index (χ4v) is 2.86. The lowest BCUT2D eigenvalue weighted by Gasteiger charge is -2.12. The molecular formula is C15H19N3S. The highest BCUT2D eigenvalue weighted by Crippen LogP contribution is 2.23. The van der Waals surface area contributed by atoms with Crippen molar-refractivity contribution in [1.29, 1.82) is 0 Å². The molecule has 0 aliphatic carbocycles. The average Bonchev–Trinajstić information content (AvgIpc) is 2.25. The molecule has 100 valence electrons. The van der Waals surface area contributed by atoms with E-state index in [0.29, 0.717) is 10.6 Å². The molecule has 0 saturated heterocycles. The molecule has 0 aliphatic heterocycles. The van der Waals surface area contributed by atoms with E-state index >= 15 is 0 Å². The molecule has 0 saturated carbocycles. The van der Waals surface area contributed by atoms with Crippen LogP contribution in [0.3, 0.4) is 0 Å². The molecule has 2 aromatic heterocycles. The summed E-state index contributed by atoms with van der Waals surface area (Å²) in [5, 5.41) is 0. The number of H-pyrrole nitrogens is 1. The Bertz CT molecular complexity index is 651. The minimum atomic E-state index is 0.381. The second-order valence-corrected chi connectivity index (χ2v) is 5.61. The maximum Gasteiger partial charge on any atom is 0.139 e. The van der Waals surface area contributed by atoms with Crippen molar-refractivity contribution >= 4 is 12.2 Å². The molecular weight excluding hydrogens is 254 g/mol. The standard InChI is InChI=1S/C15H19N3S/c1-8(2)13-11(5)17-14(18-15(13)19)12-6-9(3)16-10(4)7-12/h6-8H,1-5H3,(H,17,18,19). The van der Waals surface area contributed by atoms with Crippen molar-refractivity contribution in [2.75, 3.05) is 0 Å². The second-order valence-electron chi connectivity index (χ2n) is 5.22. The molecule has 0 aromatic carbocycles. The molecule has 0 unspecified atom stereocenters. The van der Waals surface area contributed by atoms with E-state index < -0.39 is 0 Å². The minimum absolute atomic E-state index is 0.381. The van der Waals surface area contributed by atoms with Crippen molar-refractivity contribution in [2.24, 2.45) is 0 Å². The highest BCUT2D eigenvalue weighted by Gasteiger charge is 2.10. The van der Waals surface area contributed by atoms with Crippen molar-refractivity contribution in [2.45, 2.75) is 40.5 Å². The van der Waals surface area contributed by atoms with Gasteiger partial charge in [0.1, 0.15) is 10.5 Å². The van der Waals surface area contributed by atoms with Crippen molar-refractivity contribution < 1.29 is 0 Å². The molecule has 2 aromatic rings. The van der Waals surface area contributed by atoms with Crippen LogP contribution in [0.15, 0.2) is 12.1 Å². The summed E-state index contributed by atoms with van der Waals surface area (Å²) >= 11 is 5.42. The zero-order valence-electron chi connectivity index (χ0n) is 12.0. The van der Waals surface area contributed by atoms with Crippen LogP contribution >= 0.6 is 12.2 Å². The van der Waals surface area contributed by atoms with Crippen LogP contribution < -0.4 is 0 Å². The first-order valence-corrected chi connectivity index (χ1v) is 6.85. The van der Waals surface area contributed by atoms with E-state index in [0.717, 1.165) is 34.0 Å². The Labute approximate surface area is 119 Å². The van der Waals surface area contributed by atoms with Crippen LogP contribution in [0.25, 0.3) is 11.4 Å². The first-order valence-electron chi connectivity index (χ1n) is 6.45.